The van der Waals surface area contributed by atoms with E-state index in [4.69, 9.17) is 5.73 Å². The molecule has 3 N–H and O–H groups in total. The lowest BCUT2D eigenvalue weighted by Gasteiger charge is -2.38. The van der Waals surface area contributed by atoms with Gasteiger partial charge in [-0.25, -0.2) is 0 Å². The van der Waals surface area contributed by atoms with E-state index in [0.717, 1.165) is 12.8 Å². The van der Waals surface area contributed by atoms with Gasteiger partial charge in [-0.05, 0) is 49.3 Å². The zero-order valence-electron chi connectivity index (χ0n) is 14.3. The number of hydrogen-bond acceptors (Lipinski definition) is 4. The first kappa shape index (κ1) is 16.4. The van der Waals surface area contributed by atoms with Crippen LogP contribution < -0.4 is 5.73 Å². The van der Waals surface area contributed by atoms with Crippen LogP contribution in [0.1, 0.15) is 29.6 Å². The summed E-state index contributed by atoms with van der Waals surface area (Å²) in [5, 5.41) is 9.54. The van der Waals surface area contributed by atoms with Crippen LogP contribution >= 0.6 is 0 Å². The van der Waals surface area contributed by atoms with E-state index in [-0.39, 0.29) is 29.5 Å². The number of fused-ring (bicyclic) bond motifs is 2. The molecule has 0 aromatic heterocycles. The Kier molecular flexibility index (Phi) is 4.15. The molecule has 1 aliphatic heterocycles. The third kappa shape index (κ3) is 2.88. The van der Waals surface area contributed by atoms with E-state index in [1.165, 1.54) is 12.5 Å². The lowest BCUT2D eigenvalue weighted by atomic mass is 9.84. The average Bonchev–Trinajstić information content (AvgIpc) is 3.22. The minimum absolute atomic E-state index is 0.0122. The molecule has 4 unspecified atom stereocenters. The molecule has 6 heteroatoms. The number of carbonyl (C=O) groups excluding carboxylic acids is 2. The number of phenolic OH excluding ortho intramolecular Hbond substituents is 1. The molecule has 0 spiro atoms. The van der Waals surface area contributed by atoms with E-state index in [9.17, 15) is 14.7 Å². The average molecular weight is 343 g/mol. The number of rotatable bonds is 2. The Morgan fingerprint density at radius 2 is 1.72 bits per heavy atom. The molecular formula is C19H25N3O3. The quantitative estimate of drug-likeness (QED) is 0.840. The van der Waals surface area contributed by atoms with Crippen molar-refractivity contribution in [2.24, 2.45) is 23.5 Å². The van der Waals surface area contributed by atoms with Crippen LogP contribution in [0.15, 0.2) is 24.3 Å². The molecule has 4 rings (SSSR count). The van der Waals surface area contributed by atoms with Crippen LogP contribution in [0.3, 0.4) is 0 Å². The molecule has 1 aromatic carbocycles. The smallest absolute Gasteiger partial charge is 0.254 e. The van der Waals surface area contributed by atoms with E-state index in [1.807, 2.05) is 4.90 Å². The van der Waals surface area contributed by atoms with Crippen LogP contribution in [0.25, 0.3) is 0 Å². The Hall–Kier alpha value is -2.08. The van der Waals surface area contributed by atoms with Gasteiger partial charge in [0, 0.05) is 37.8 Å². The van der Waals surface area contributed by atoms with Crippen LogP contribution in [0.2, 0.25) is 0 Å². The molecular weight excluding hydrogens is 318 g/mol. The summed E-state index contributed by atoms with van der Waals surface area (Å²) in [4.78, 5) is 29.1. The minimum atomic E-state index is -0.0976. The van der Waals surface area contributed by atoms with Crippen LogP contribution in [0, 0.1) is 17.8 Å². The fraction of sp³-hybridized carbons (Fsp3) is 0.579. The Bertz CT molecular complexity index is 682. The highest BCUT2D eigenvalue weighted by atomic mass is 16.3. The minimum Gasteiger partial charge on any atom is -0.508 e. The molecule has 0 radical (unpaired) electrons. The van der Waals surface area contributed by atoms with E-state index in [2.05, 4.69) is 0 Å². The summed E-state index contributed by atoms with van der Waals surface area (Å²) < 4.78 is 0. The number of piperazine rings is 1. The Labute approximate surface area is 147 Å². The molecule has 1 heterocycles. The van der Waals surface area contributed by atoms with Crippen LogP contribution in [-0.4, -0.2) is 58.9 Å². The lowest BCUT2D eigenvalue weighted by molar-refractivity contribution is -0.139. The van der Waals surface area contributed by atoms with Gasteiger partial charge < -0.3 is 20.6 Å². The highest BCUT2D eigenvalue weighted by Crippen LogP contribution is 2.48. The standard InChI is InChI=1S/C19H25N3O3/c20-17-13-5-4-12(10-13)16(17)19(25)22-8-6-21(7-9-22)18(24)14-2-1-3-15(23)11-14/h1-3,11-13,16-17,23H,4-10,20H2. The van der Waals surface area contributed by atoms with Crippen molar-refractivity contribution in [3.63, 3.8) is 0 Å². The van der Waals surface area contributed by atoms with Gasteiger partial charge in [0.2, 0.25) is 5.91 Å². The van der Waals surface area contributed by atoms with Crippen molar-refractivity contribution in [1.29, 1.82) is 0 Å². The van der Waals surface area contributed by atoms with Gasteiger partial charge in [0.05, 0.1) is 5.92 Å². The molecule has 3 aliphatic rings. The van der Waals surface area contributed by atoms with Gasteiger partial charge in [-0.3, -0.25) is 9.59 Å². The van der Waals surface area contributed by atoms with Crippen molar-refractivity contribution in [3.05, 3.63) is 29.8 Å². The molecule has 1 aromatic rings. The first-order valence-electron chi connectivity index (χ1n) is 9.17. The summed E-state index contributed by atoms with van der Waals surface area (Å²) in [6.07, 6.45) is 3.40. The van der Waals surface area contributed by atoms with Gasteiger partial charge >= 0.3 is 0 Å². The molecule has 6 nitrogen and oxygen atoms in total. The SMILES string of the molecule is NC1C2CCC(C2)C1C(=O)N1CCN(C(=O)c2cccc(O)c2)CC1. The Morgan fingerprint density at radius 1 is 1.04 bits per heavy atom. The number of amides is 2. The summed E-state index contributed by atoms with van der Waals surface area (Å²) in [5.41, 5.74) is 6.78. The van der Waals surface area contributed by atoms with E-state index in [0.29, 0.717) is 43.6 Å². The predicted octanol–water partition coefficient (Wildman–Crippen LogP) is 1.05. The highest BCUT2D eigenvalue weighted by Gasteiger charge is 2.50. The molecule has 2 saturated carbocycles. The zero-order valence-corrected chi connectivity index (χ0v) is 14.3. The van der Waals surface area contributed by atoms with Crippen LogP contribution in [0.4, 0.5) is 0 Å². The van der Waals surface area contributed by atoms with Crippen molar-refractivity contribution in [2.45, 2.75) is 25.3 Å². The van der Waals surface area contributed by atoms with Gasteiger partial charge in [-0.15, -0.1) is 0 Å². The first-order chi connectivity index (χ1) is 12.0. The summed E-state index contributed by atoms with van der Waals surface area (Å²) in [5.74, 6) is 1.13. The lowest BCUT2D eigenvalue weighted by Crippen LogP contribution is -2.54. The first-order valence-corrected chi connectivity index (χ1v) is 9.17. The second-order valence-electron chi connectivity index (χ2n) is 7.60. The van der Waals surface area contributed by atoms with Gasteiger partial charge in [0.15, 0.2) is 0 Å². The Balaban J connectivity index is 1.37. The summed E-state index contributed by atoms with van der Waals surface area (Å²) in [6, 6.07) is 6.41. The second kappa shape index (κ2) is 6.33. The molecule has 2 aliphatic carbocycles. The third-order valence-electron chi connectivity index (χ3n) is 6.24. The number of hydrogen-bond donors (Lipinski definition) is 2. The summed E-state index contributed by atoms with van der Waals surface area (Å²) in [6.45, 7) is 2.17. The van der Waals surface area contributed by atoms with Crippen LogP contribution in [0.5, 0.6) is 5.75 Å². The monoisotopic (exact) mass is 343 g/mol. The topological polar surface area (TPSA) is 86.9 Å². The number of aromatic hydroxyl groups is 1. The van der Waals surface area contributed by atoms with Crippen molar-refractivity contribution < 1.29 is 14.7 Å². The number of benzene rings is 1. The van der Waals surface area contributed by atoms with Crippen molar-refractivity contribution in [1.82, 2.24) is 9.80 Å². The maximum absolute atomic E-state index is 12.9. The molecule has 1 saturated heterocycles. The largest absolute Gasteiger partial charge is 0.508 e. The Morgan fingerprint density at radius 3 is 2.36 bits per heavy atom. The van der Waals surface area contributed by atoms with Gasteiger partial charge in [0.25, 0.3) is 5.91 Å². The molecule has 2 bridgehead atoms. The summed E-state index contributed by atoms with van der Waals surface area (Å²) in [7, 11) is 0. The second-order valence-corrected chi connectivity index (χ2v) is 7.60. The molecule has 25 heavy (non-hydrogen) atoms. The zero-order chi connectivity index (χ0) is 17.6. The maximum atomic E-state index is 12.9. The predicted molar refractivity (Wildman–Crippen MR) is 92.9 cm³/mol. The summed E-state index contributed by atoms with van der Waals surface area (Å²) >= 11 is 0. The van der Waals surface area contributed by atoms with Crippen molar-refractivity contribution in [3.8, 4) is 5.75 Å². The maximum Gasteiger partial charge on any atom is 0.254 e. The number of nitrogens with two attached hydrogens (primary N) is 1. The highest BCUT2D eigenvalue weighted by molar-refractivity contribution is 5.94. The van der Waals surface area contributed by atoms with Gasteiger partial charge in [-0.1, -0.05) is 6.07 Å². The van der Waals surface area contributed by atoms with E-state index < -0.39 is 0 Å². The van der Waals surface area contributed by atoms with E-state index >= 15 is 0 Å². The molecule has 4 atom stereocenters. The van der Waals surface area contributed by atoms with Crippen LogP contribution in [-0.2, 0) is 4.79 Å². The number of phenols is 1. The third-order valence-corrected chi connectivity index (χ3v) is 6.24. The van der Waals surface area contributed by atoms with Crippen molar-refractivity contribution in [2.75, 3.05) is 26.2 Å². The molecule has 134 valence electrons. The normalized spacial score (nSPS) is 31.4. The van der Waals surface area contributed by atoms with Gasteiger partial charge in [-0.2, -0.15) is 0 Å². The fourth-order valence-electron chi connectivity index (χ4n) is 4.86. The van der Waals surface area contributed by atoms with Crippen molar-refractivity contribution >= 4 is 11.8 Å². The number of nitrogens with zero attached hydrogens (tertiary/aromatic N) is 2. The van der Waals surface area contributed by atoms with Gasteiger partial charge in [0.1, 0.15) is 5.75 Å². The molecule has 3 fully saturated rings. The molecule has 2 amide bonds. The number of carbonyl (C=O) groups is 2. The fourth-order valence-corrected chi connectivity index (χ4v) is 4.86. The van der Waals surface area contributed by atoms with E-state index in [1.54, 1.807) is 23.1 Å².